The van der Waals surface area contributed by atoms with E-state index in [1.807, 2.05) is 24.3 Å². The molecule has 0 aliphatic carbocycles. The van der Waals surface area contributed by atoms with Gasteiger partial charge in [-0.3, -0.25) is 0 Å². The van der Waals surface area contributed by atoms with Crippen LogP contribution in [0.15, 0.2) is 29.4 Å². The molecule has 1 N–H and O–H groups in total. The molecule has 0 spiro atoms. The van der Waals surface area contributed by atoms with Crippen LogP contribution in [0.25, 0.3) is 0 Å². The molecule has 86 valence electrons. The molecule has 1 unspecified atom stereocenters. The molecule has 0 bridgehead atoms. The molecule has 4 heteroatoms. The predicted octanol–water partition coefficient (Wildman–Crippen LogP) is 1.32. The number of aliphatic hydroxyl groups excluding tert-OH is 1. The zero-order chi connectivity index (χ0) is 11.4. The van der Waals surface area contributed by atoms with Gasteiger partial charge in [0.05, 0.1) is 18.9 Å². The molecule has 0 radical (unpaired) electrons. The molecular weight excluding hydrogens is 206 g/mol. The fraction of sp³-hybridized carbons (Fsp3) is 0.417. The zero-order valence-electron chi connectivity index (χ0n) is 9.22. The summed E-state index contributed by atoms with van der Waals surface area (Å²) < 4.78 is 5.04. The van der Waals surface area contributed by atoms with Crippen LogP contribution in [0.2, 0.25) is 0 Å². The lowest BCUT2D eigenvalue weighted by atomic mass is 10.0. The predicted molar refractivity (Wildman–Crippen MR) is 60.3 cm³/mol. The Morgan fingerprint density at radius 2 is 2.19 bits per heavy atom. The highest BCUT2D eigenvalue weighted by atomic mass is 16.6. The van der Waals surface area contributed by atoms with Crippen LogP contribution in [0.5, 0.6) is 0 Å². The van der Waals surface area contributed by atoms with Crippen molar-refractivity contribution >= 4 is 5.71 Å². The molecule has 2 rings (SSSR count). The van der Waals surface area contributed by atoms with Crippen LogP contribution in [0, 0.1) is 0 Å². The molecule has 1 heterocycles. The molecule has 1 aliphatic rings. The van der Waals surface area contributed by atoms with Crippen molar-refractivity contribution in [3.8, 4) is 0 Å². The Balaban J connectivity index is 2.05. The Morgan fingerprint density at radius 3 is 2.75 bits per heavy atom. The summed E-state index contributed by atoms with van der Waals surface area (Å²) in [5.74, 6) is 0. The lowest BCUT2D eigenvalue weighted by molar-refractivity contribution is 0.0390. The lowest BCUT2D eigenvalue weighted by Gasteiger charge is -2.03. The molecule has 4 nitrogen and oxygen atoms in total. The van der Waals surface area contributed by atoms with Gasteiger partial charge in [0.2, 0.25) is 0 Å². The van der Waals surface area contributed by atoms with Gasteiger partial charge < -0.3 is 14.7 Å². The van der Waals surface area contributed by atoms with E-state index in [0.717, 1.165) is 16.8 Å². The van der Waals surface area contributed by atoms with Crippen LogP contribution in [-0.2, 0) is 16.2 Å². The summed E-state index contributed by atoms with van der Waals surface area (Å²) in [6, 6.07) is 8.01. The van der Waals surface area contributed by atoms with Gasteiger partial charge in [-0.25, -0.2) is 0 Å². The van der Waals surface area contributed by atoms with Gasteiger partial charge in [-0.05, 0) is 11.1 Å². The Bertz CT molecular complexity index is 372. The fourth-order valence-electron chi connectivity index (χ4n) is 1.66. The molecule has 1 aromatic carbocycles. The summed E-state index contributed by atoms with van der Waals surface area (Å²) in [7, 11) is 1.68. The van der Waals surface area contributed by atoms with Crippen molar-refractivity contribution in [3.05, 3.63) is 35.4 Å². The number of aliphatic hydroxyl groups is 1. The number of oxime groups is 1. The van der Waals surface area contributed by atoms with Crippen LogP contribution < -0.4 is 0 Å². The van der Waals surface area contributed by atoms with Gasteiger partial charge in [0.15, 0.2) is 6.10 Å². The first-order chi connectivity index (χ1) is 7.83. The van der Waals surface area contributed by atoms with Crippen molar-refractivity contribution in [1.29, 1.82) is 0 Å². The van der Waals surface area contributed by atoms with Gasteiger partial charge in [-0.1, -0.05) is 29.4 Å². The van der Waals surface area contributed by atoms with Crippen molar-refractivity contribution in [1.82, 2.24) is 0 Å². The maximum atomic E-state index is 8.93. The van der Waals surface area contributed by atoms with Crippen molar-refractivity contribution in [3.63, 3.8) is 0 Å². The first-order valence-electron chi connectivity index (χ1n) is 5.25. The van der Waals surface area contributed by atoms with E-state index >= 15 is 0 Å². The third-order valence-corrected chi connectivity index (χ3v) is 2.53. The Hall–Kier alpha value is -1.39. The minimum absolute atomic E-state index is 0.00869. The Kier molecular flexibility index (Phi) is 3.54. The van der Waals surface area contributed by atoms with Gasteiger partial charge in [0.25, 0.3) is 0 Å². The Labute approximate surface area is 94.5 Å². The van der Waals surface area contributed by atoms with E-state index in [1.165, 1.54) is 0 Å². The minimum atomic E-state index is -0.186. The third-order valence-electron chi connectivity index (χ3n) is 2.53. The smallest absolute Gasteiger partial charge is 0.156 e. The number of methoxy groups -OCH3 is 1. The standard InChI is InChI=1S/C12H15NO3/c1-15-8-9-2-4-10(5-3-9)12-6-11(7-14)16-13-12/h2-5,11,14H,6-8H2,1H3. The molecule has 0 aromatic heterocycles. The SMILES string of the molecule is COCc1ccc(C2=NOC(CO)C2)cc1. The van der Waals surface area contributed by atoms with Gasteiger partial charge in [-0.2, -0.15) is 0 Å². The number of hydrogen-bond donors (Lipinski definition) is 1. The number of ether oxygens (including phenoxy) is 1. The molecule has 0 saturated carbocycles. The first kappa shape index (κ1) is 11.1. The average Bonchev–Trinajstić information content (AvgIpc) is 2.79. The van der Waals surface area contributed by atoms with Gasteiger partial charge in [-0.15, -0.1) is 0 Å². The van der Waals surface area contributed by atoms with Crippen molar-refractivity contribution in [2.45, 2.75) is 19.1 Å². The van der Waals surface area contributed by atoms with Crippen LogP contribution in [0.1, 0.15) is 17.5 Å². The zero-order valence-corrected chi connectivity index (χ0v) is 9.22. The van der Waals surface area contributed by atoms with E-state index in [1.54, 1.807) is 7.11 Å². The molecule has 16 heavy (non-hydrogen) atoms. The Morgan fingerprint density at radius 1 is 1.44 bits per heavy atom. The summed E-state index contributed by atoms with van der Waals surface area (Å²) >= 11 is 0. The van der Waals surface area contributed by atoms with E-state index in [2.05, 4.69) is 5.16 Å². The number of benzene rings is 1. The van der Waals surface area contributed by atoms with Crippen LogP contribution in [-0.4, -0.2) is 30.6 Å². The van der Waals surface area contributed by atoms with Crippen LogP contribution in [0.3, 0.4) is 0 Å². The molecule has 0 saturated heterocycles. The van der Waals surface area contributed by atoms with Crippen molar-refractivity contribution in [2.24, 2.45) is 5.16 Å². The maximum Gasteiger partial charge on any atom is 0.156 e. The number of hydrogen-bond acceptors (Lipinski definition) is 4. The quantitative estimate of drug-likeness (QED) is 0.834. The second kappa shape index (κ2) is 5.09. The van der Waals surface area contributed by atoms with Crippen LogP contribution >= 0.6 is 0 Å². The third kappa shape index (κ3) is 2.40. The van der Waals surface area contributed by atoms with E-state index in [0.29, 0.717) is 13.0 Å². The topological polar surface area (TPSA) is 51.0 Å². The second-order valence-corrected chi connectivity index (χ2v) is 3.78. The largest absolute Gasteiger partial charge is 0.392 e. The summed E-state index contributed by atoms with van der Waals surface area (Å²) in [6.07, 6.45) is 0.480. The van der Waals surface area contributed by atoms with Gasteiger partial charge >= 0.3 is 0 Å². The van der Waals surface area contributed by atoms with E-state index in [9.17, 15) is 0 Å². The molecule has 0 amide bonds. The van der Waals surface area contributed by atoms with Crippen LogP contribution in [0.4, 0.5) is 0 Å². The normalized spacial score (nSPS) is 19.4. The second-order valence-electron chi connectivity index (χ2n) is 3.78. The molecule has 0 fully saturated rings. The summed E-state index contributed by atoms with van der Waals surface area (Å²) in [4.78, 5) is 5.06. The lowest BCUT2D eigenvalue weighted by Crippen LogP contribution is -2.12. The minimum Gasteiger partial charge on any atom is -0.392 e. The van der Waals surface area contributed by atoms with Crippen molar-refractivity contribution in [2.75, 3.05) is 13.7 Å². The van der Waals surface area contributed by atoms with Gasteiger partial charge in [0, 0.05) is 13.5 Å². The molecular formula is C12H15NO3. The number of nitrogens with zero attached hydrogens (tertiary/aromatic N) is 1. The first-order valence-corrected chi connectivity index (χ1v) is 5.25. The maximum absolute atomic E-state index is 8.93. The molecule has 1 atom stereocenters. The van der Waals surface area contributed by atoms with E-state index in [-0.39, 0.29) is 12.7 Å². The summed E-state index contributed by atoms with van der Waals surface area (Å²) in [5, 5.41) is 12.9. The highest BCUT2D eigenvalue weighted by Gasteiger charge is 2.20. The average molecular weight is 221 g/mol. The number of rotatable bonds is 4. The highest BCUT2D eigenvalue weighted by molar-refractivity contribution is 6.01. The van der Waals surface area contributed by atoms with Gasteiger partial charge in [0.1, 0.15) is 0 Å². The van der Waals surface area contributed by atoms with Crippen molar-refractivity contribution < 1.29 is 14.7 Å². The van der Waals surface area contributed by atoms with E-state index in [4.69, 9.17) is 14.7 Å². The van der Waals surface area contributed by atoms with E-state index < -0.39 is 0 Å². The molecule has 1 aromatic rings. The highest BCUT2D eigenvalue weighted by Crippen LogP contribution is 2.16. The monoisotopic (exact) mass is 221 g/mol. The molecule has 1 aliphatic heterocycles. The summed E-state index contributed by atoms with van der Waals surface area (Å²) in [6.45, 7) is 0.622. The fourth-order valence-corrected chi connectivity index (χ4v) is 1.66. The summed E-state index contributed by atoms with van der Waals surface area (Å²) in [5.41, 5.74) is 3.06.